The molecule has 1 aliphatic heterocycles. The third kappa shape index (κ3) is 6.33. The van der Waals surface area contributed by atoms with E-state index in [9.17, 15) is 31.1 Å². The van der Waals surface area contributed by atoms with E-state index in [1.807, 2.05) is 42.9 Å². The summed E-state index contributed by atoms with van der Waals surface area (Å²) in [6.45, 7) is 4.31. The lowest BCUT2D eigenvalue weighted by Crippen LogP contribution is -2.39. The highest BCUT2D eigenvalue weighted by Crippen LogP contribution is 2.42. The zero-order valence-corrected chi connectivity index (χ0v) is 24.2. The van der Waals surface area contributed by atoms with Crippen molar-refractivity contribution in [3.63, 3.8) is 0 Å². The molecule has 0 spiro atoms. The van der Waals surface area contributed by atoms with Gasteiger partial charge in [0.15, 0.2) is 0 Å². The third-order valence-corrected chi connectivity index (χ3v) is 8.48. The number of alkyl halides is 6. The normalized spacial score (nSPS) is 20.0. The first-order valence-electron chi connectivity index (χ1n) is 14.4. The number of cyclic esters (lactones) is 1. The van der Waals surface area contributed by atoms with E-state index in [2.05, 4.69) is 4.90 Å². The molecule has 12 heteroatoms. The number of hydrogen-bond donors (Lipinski definition) is 0. The van der Waals surface area contributed by atoms with Gasteiger partial charge in [0.2, 0.25) is 0 Å². The van der Waals surface area contributed by atoms with Gasteiger partial charge in [0.25, 0.3) is 0 Å². The van der Waals surface area contributed by atoms with Crippen LogP contribution in [0.15, 0.2) is 48.8 Å². The SMILES string of the molecule is CCN(c1ncc(-c2cccn2C)cc1CN1C(=O)O[C@H](c2cc(C(F)(F)F)cc(C(F)(F)F)c2)[C@@H]1C)C1CCCCC1. The van der Waals surface area contributed by atoms with Gasteiger partial charge in [0.05, 0.1) is 23.7 Å². The van der Waals surface area contributed by atoms with Crippen LogP contribution < -0.4 is 4.90 Å². The van der Waals surface area contributed by atoms with Crippen LogP contribution >= 0.6 is 0 Å². The highest BCUT2D eigenvalue weighted by molar-refractivity contribution is 5.72. The van der Waals surface area contributed by atoms with Crippen molar-refractivity contribution in [1.29, 1.82) is 0 Å². The van der Waals surface area contributed by atoms with E-state index in [1.54, 1.807) is 13.1 Å². The second-order valence-corrected chi connectivity index (χ2v) is 11.3. The van der Waals surface area contributed by atoms with Gasteiger partial charge in [0, 0.05) is 48.8 Å². The number of benzene rings is 1. The summed E-state index contributed by atoms with van der Waals surface area (Å²) in [6.07, 6.45) is -3.09. The lowest BCUT2D eigenvalue weighted by Gasteiger charge is -2.36. The first-order chi connectivity index (χ1) is 20.3. The predicted octanol–water partition coefficient (Wildman–Crippen LogP) is 8.37. The molecule has 1 saturated carbocycles. The first kappa shape index (κ1) is 30.7. The number of carbonyl (C=O) groups excluding carboxylic acids is 1. The van der Waals surface area contributed by atoms with Gasteiger partial charge in [-0.3, -0.25) is 4.90 Å². The Labute approximate surface area is 246 Å². The summed E-state index contributed by atoms with van der Waals surface area (Å²) in [6, 6.07) is 6.52. The van der Waals surface area contributed by atoms with Gasteiger partial charge in [-0.2, -0.15) is 26.3 Å². The Balaban J connectivity index is 1.52. The Bertz CT molecular complexity index is 1430. The number of carbonyl (C=O) groups is 1. The molecule has 5 rings (SSSR count). The van der Waals surface area contributed by atoms with Crippen LogP contribution in [0, 0.1) is 0 Å². The minimum atomic E-state index is -5.01. The van der Waals surface area contributed by atoms with Gasteiger partial charge in [0.1, 0.15) is 11.9 Å². The van der Waals surface area contributed by atoms with E-state index in [-0.39, 0.29) is 24.2 Å². The zero-order chi connectivity index (χ0) is 31.1. The second kappa shape index (κ2) is 11.8. The Morgan fingerprint density at radius 3 is 2.21 bits per heavy atom. The molecule has 2 aromatic heterocycles. The molecule has 0 radical (unpaired) electrons. The number of halogens is 6. The van der Waals surface area contributed by atoms with E-state index < -0.39 is 41.7 Å². The number of pyridine rings is 1. The van der Waals surface area contributed by atoms with Crippen LogP contribution in [0.4, 0.5) is 37.0 Å². The molecule has 2 atom stereocenters. The highest BCUT2D eigenvalue weighted by atomic mass is 19.4. The number of aryl methyl sites for hydroxylation is 1. The molecule has 0 N–H and O–H groups in total. The lowest BCUT2D eigenvalue weighted by molar-refractivity contribution is -0.143. The van der Waals surface area contributed by atoms with Crippen LogP contribution in [0.25, 0.3) is 11.3 Å². The molecule has 43 heavy (non-hydrogen) atoms. The fraction of sp³-hybridized carbons (Fsp3) is 0.484. The van der Waals surface area contributed by atoms with Gasteiger partial charge in [-0.05, 0) is 68.7 Å². The van der Waals surface area contributed by atoms with Crippen molar-refractivity contribution in [3.05, 3.63) is 71.0 Å². The van der Waals surface area contributed by atoms with Crippen molar-refractivity contribution in [2.45, 2.75) is 83.0 Å². The summed E-state index contributed by atoms with van der Waals surface area (Å²) in [7, 11) is 1.90. The van der Waals surface area contributed by atoms with Crippen LogP contribution in [0.3, 0.4) is 0 Å². The maximum atomic E-state index is 13.6. The Kier molecular flexibility index (Phi) is 8.41. The standard InChI is InChI=1S/C31H34F6N4O2/c1-4-40(25-9-6-5-7-10-25)28-22(13-21(17-38-28)26-11-8-12-39(26)3)18-41-19(2)27(43-29(41)42)20-14-23(30(32,33)34)16-24(15-20)31(35,36)37/h8,11-17,19,25,27H,4-7,9-10,18H2,1-3H3/t19-,27-/m0/s1. The third-order valence-electron chi connectivity index (χ3n) is 8.48. The number of anilines is 1. The molecule has 2 fully saturated rings. The summed E-state index contributed by atoms with van der Waals surface area (Å²) in [5, 5.41) is 0. The van der Waals surface area contributed by atoms with E-state index >= 15 is 0 Å². The molecule has 2 aliphatic rings. The lowest BCUT2D eigenvalue weighted by atomic mass is 9.93. The molecule has 0 unspecified atom stereocenters. The largest absolute Gasteiger partial charge is 0.439 e. The molecular formula is C31H34F6N4O2. The molecule has 1 aliphatic carbocycles. The van der Waals surface area contributed by atoms with Crippen molar-refractivity contribution in [2.75, 3.05) is 11.4 Å². The quantitative estimate of drug-likeness (QED) is 0.253. The van der Waals surface area contributed by atoms with Gasteiger partial charge in [-0.1, -0.05) is 19.3 Å². The number of hydrogen-bond acceptors (Lipinski definition) is 4. The molecule has 3 aromatic rings. The summed E-state index contributed by atoms with van der Waals surface area (Å²) in [4.78, 5) is 21.6. The number of ether oxygens (including phenoxy) is 1. The molecule has 6 nitrogen and oxygen atoms in total. The zero-order valence-electron chi connectivity index (χ0n) is 24.2. The summed E-state index contributed by atoms with van der Waals surface area (Å²) in [5.74, 6) is 0.703. The van der Waals surface area contributed by atoms with Crippen molar-refractivity contribution in [2.24, 2.45) is 7.05 Å². The van der Waals surface area contributed by atoms with Crippen molar-refractivity contribution < 1.29 is 35.9 Å². The maximum absolute atomic E-state index is 13.6. The van der Waals surface area contributed by atoms with Crippen LogP contribution in [-0.4, -0.2) is 39.2 Å². The number of nitrogens with zero attached hydrogens (tertiary/aromatic N) is 4. The smallest absolute Gasteiger partial charge is 0.416 e. The van der Waals surface area contributed by atoms with E-state index in [1.165, 1.54) is 11.3 Å². The molecule has 1 amide bonds. The first-order valence-corrected chi connectivity index (χ1v) is 14.4. The molecule has 1 saturated heterocycles. The molecule has 1 aromatic carbocycles. The second-order valence-electron chi connectivity index (χ2n) is 11.3. The monoisotopic (exact) mass is 608 g/mol. The van der Waals surface area contributed by atoms with Crippen molar-refractivity contribution >= 4 is 11.9 Å². The van der Waals surface area contributed by atoms with E-state index in [0.29, 0.717) is 24.5 Å². The average Bonchev–Trinajstić information content (AvgIpc) is 3.51. The van der Waals surface area contributed by atoms with Gasteiger partial charge < -0.3 is 14.2 Å². The summed E-state index contributed by atoms with van der Waals surface area (Å²) in [5.41, 5.74) is -0.830. The average molecular weight is 609 g/mol. The topological polar surface area (TPSA) is 50.6 Å². The number of aromatic nitrogens is 2. The van der Waals surface area contributed by atoms with Crippen LogP contribution in [0.5, 0.6) is 0 Å². The predicted molar refractivity (Wildman–Crippen MR) is 149 cm³/mol. The fourth-order valence-corrected chi connectivity index (χ4v) is 6.24. The molecule has 0 bridgehead atoms. The van der Waals surface area contributed by atoms with Crippen LogP contribution in [0.2, 0.25) is 0 Å². The van der Waals surface area contributed by atoms with Crippen LogP contribution in [0.1, 0.15) is 74.3 Å². The maximum Gasteiger partial charge on any atom is 0.416 e. The number of rotatable bonds is 7. The van der Waals surface area contributed by atoms with E-state index in [4.69, 9.17) is 9.72 Å². The minimum absolute atomic E-state index is 0.0193. The van der Waals surface area contributed by atoms with E-state index in [0.717, 1.165) is 42.5 Å². The molecule has 232 valence electrons. The molecular weight excluding hydrogens is 574 g/mol. The van der Waals surface area contributed by atoms with Crippen molar-refractivity contribution in [3.8, 4) is 11.3 Å². The van der Waals surface area contributed by atoms with Gasteiger partial charge in [-0.15, -0.1) is 0 Å². The number of amides is 1. The Hall–Kier alpha value is -3.70. The Morgan fingerprint density at radius 2 is 1.65 bits per heavy atom. The summed E-state index contributed by atoms with van der Waals surface area (Å²) >= 11 is 0. The Morgan fingerprint density at radius 1 is 1.00 bits per heavy atom. The minimum Gasteiger partial charge on any atom is -0.439 e. The fourth-order valence-electron chi connectivity index (χ4n) is 6.24. The van der Waals surface area contributed by atoms with Crippen LogP contribution in [-0.2, 0) is 30.7 Å². The highest BCUT2D eigenvalue weighted by Gasteiger charge is 2.43. The van der Waals surface area contributed by atoms with Gasteiger partial charge in [-0.25, -0.2) is 9.78 Å². The van der Waals surface area contributed by atoms with Gasteiger partial charge >= 0.3 is 18.4 Å². The summed E-state index contributed by atoms with van der Waals surface area (Å²) < 4.78 is 88.7. The van der Waals surface area contributed by atoms with Crippen molar-refractivity contribution in [1.82, 2.24) is 14.5 Å². The molecule has 3 heterocycles.